The number of amides is 1. The van der Waals surface area contributed by atoms with E-state index in [0.717, 1.165) is 11.3 Å². The fraction of sp³-hybridized carbons (Fsp3) is 0.250. The number of fused-ring (bicyclic) bond motifs is 1. The van der Waals surface area contributed by atoms with Crippen LogP contribution in [0.25, 0.3) is 0 Å². The highest BCUT2D eigenvalue weighted by atomic mass is 35.5. The van der Waals surface area contributed by atoms with Crippen LogP contribution in [0, 0.1) is 0 Å². The second-order valence-electron chi connectivity index (χ2n) is 2.98. The molecule has 1 amide bonds. The Balaban J connectivity index is 0.000000980. The highest BCUT2D eigenvalue weighted by Gasteiger charge is 2.15. The number of pyridine rings is 1. The summed E-state index contributed by atoms with van der Waals surface area (Å²) in [6.45, 7) is 1.32. The molecule has 6 heteroatoms. The molecule has 0 radical (unpaired) electrons. The summed E-state index contributed by atoms with van der Waals surface area (Å²) in [6.07, 6.45) is 0. The zero-order valence-corrected chi connectivity index (χ0v) is 8.11. The number of rotatable bonds is 1. The normalized spacial score (nSPS) is 13.1. The average Bonchev–Trinajstić information content (AvgIpc) is 2.48. The van der Waals surface area contributed by atoms with Gasteiger partial charge in [-0.05, 0) is 11.6 Å². The zero-order chi connectivity index (χ0) is 9.42. The average molecular weight is 216 g/mol. The predicted molar refractivity (Wildman–Crippen MR) is 53.4 cm³/mol. The Morgan fingerprint density at radius 2 is 2.14 bits per heavy atom. The van der Waals surface area contributed by atoms with Gasteiger partial charge in [0.15, 0.2) is 0 Å². The maximum absolute atomic E-state index is 11.2. The number of nitrogens with one attached hydrogen (secondary N) is 2. The zero-order valence-electron chi connectivity index (χ0n) is 7.29. The maximum atomic E-state index is 11.2. The van der Waals surface area contributed by atoms with E-state index < -0.39 is 11.5 Å². The van der Waals surface area contributed by atoms with Gasteiger partial charge in [0.05, 0.1) is 0 Å². The number of halogens is 1. The first-order chi connectivity index (χ1) is 6.18. The lowest BCUT2D eigenvalue weighted by atomic mass is 10.1. The van der Waals surface area contributed by atoms with Crippen molar-refractivity contribution in [3.8, 4) is 0 Å². The van der Waals surface area contributed by atoms with Crippen LogP contribution >= 0.6 is 12.4 Å². The molecule has 14 heavy (non-hydrogen) atoms. The lowest BCUT2D eigenvalue weighted by Crippen LogP contribution is -2.24. The van der Waals surface area contributed by atoms with Crippen LogP contribution in [0.5, 0.6) is 0 Å². The van der Waals surface area contributed by atoms with Crippen molar-refractivity contribution in [1.82, 2.24) is 10.3 Å². The molecule has 0 unspecified atom stereocenters. The summed E-state index contributed by atoms with van der Waals surface area (Å²) < 4.78 is 0. The summed E-state index contributed by atoms with van der Waals surface area (Å²) in [5.74, 6) is -0.684. The molecule has 0 saturated heterocycles. The summed E-state index contributed by atoms with van der Waals surface area (Å²) in [4.78, 5) is 24.7. The smallest absolute Gasteiger partial charge is 0.261 e. The second kappa shape index (κ2) is 3.81. The van der Waals surface area contributed by atoms with E-state index in [2.05, 4.69) is 10.3 Å². The molecule has 4 N–H and O–H groups in total. The number of aromatic nitrogens is 1. The standard InChI is InChI=1S/C8H9N3O2.ClH/c9-7(12)5-1-4-2-10-3-6(4)11-8(5)13;/h1,10H,2-3H2,(H2,9,12)(H,11,13);1H. The number of hydrogen-bond acceptors (Lipinski definition) is 3. The Morgan fingerprint density at radius 1 is 1.43 bits per heavy atom. The van der Waals surface area contributed by atoms with E-state index in [1.807, 2.05) is 0 Å². The fourth-order valence-electron chi connectivity index (χ4n) is 1.43. The van der Waals surface area contributed by atoms with Crippen molar-refractivity contribution in [3.05, 3.63) is 33.2 Å². The number of primary amides is 1. The SMILES string of the molecule is Cl.NC(=O)c1cc2c([nH]c1=O)CNC2. The molecule has 1 aliphatic rings. The van der Waals surface area contributed by atoms with Crippen molar-refractivity contribution < 1.29 is 4.79 Å². The van der Waals surface area contributed by atoms with Gasteiger partial charge in [0.1, 0.15) is 5.56 Å². The van der Waals surface area contributed by atoms with Crippen LogP contribution in [0.4, 0.5) is 0 Å². The minimum Gasteiger partial charge on any atom is -0.365 e. The van der Waals surface area contributed by atoms with Crippen molar-refractivity contribution in [2.75, 3.05) is 0 Å². The minimum atomic E-state index is -0.684. The maximum Gasteiger partial charge on any atom is 0.261 e. The molecule has 0 bridgehead atoms. The molecule has 0 aliphatic carbocycles. The molecule has 1 aromatic rings. The molecule has 5 nitrogen and oxygen atoms in total. The molecular formula is C8H10ClN3O2. The summed E-state index contributed by atoms with van der Waals surface area (Å²) in [6, 6.07) is 1.55. The number of carbonyl (C=O) groups excluding carboxylic acids is 1. The van der Waals surface area contributed by atoms with Gasteiger partial charge in [-0.2, -0.15) is 0 Å². The van der Waals surface area contributed by atoms with Crippen molar-refractivity contribution >= 4 is 18.3 Å². The Labute approximate surface area is 86.1 Å². The number of aromatic amines is 1. The number of hydrogen-bond donors (Lipinski definition) is 3. The quantitative estimate of drug-likeness (QED) is 0.590. The lowest BCUT2D eigenvalue weighted by Gasteiger charge is -1.99. The van der Waals surface area contributed by atoms with Crippen LogP contribution in [0.2, 0.25) is 0 Å². The van der Waals surface area contributed by atoms with Gasteiger partial charge in [0.2, 0.25) is 0 Å². The molecule has 1 aliphatic heterocycles. The van der Waals surface area contributed by atoms with Gasteiger partial charge >= 0.3 is 0 Å². The Hall–Kier alpha value is -1.33. The monoisotopic (exact) mass is 215 g/mol. The number of nitrogens with two attached hydrogens (primary N) is 1. The van der Waals surface area contributed by atoms with E-state index in [1.54, 1.807) is 6.07 Å². The van der Waals surface area contributed by atoms with Gasteiger partial charge in [-0.15, -0.1) is 12.4 Å². The molecule has 76 valence electrons. The molecule has 0 spiro atoms. The molecule has 0 fully saturated rings. The lowest BCUT2D eigenvalue weighted by molar-refractivity contribution is 0.0999. The second-order valence-corrected chi connectivity index (χ2v) is 2.98. The minimum absolute atomic E-state index is 0. The third-order valence-electron chi connectivity index (χ3n) is 2.10. The van der Waals surface area contributed by atoms with Crippen LogP contribution in [0.3, 0.4) is 0 Å². The number of H-pyrrole nitrogens is 1. The highest BCUT2D eigenvalue weighted by molar-refractivity contribution is 5.92. The van der Waals surface area contributed by atoms with E-state index in [0.29, 0.717) is 13.1 Å². The van der Waals surface area contributed by atoms with Gasteiger partial charge in [0.25, 0.3) is 11.5 Å². The van der Waals surface area contributed by atoms with Gasteiger partial charge < -0.3 is 16.0 Å². The molecule has 2 heterocycles. The van der Waals surface area contributed by atoms with Crippen LogP contribution in [-0.2, 0) is 13.1 Å². The Morgan fingerprint density at radius 3 is 2.79 bits per heavy atom. The first-order valence-electron chi connectivity index (χ1n) is 3.94. The first-order valence-corrected chi connectivity index (χ1v) is 3.94. The van der Waals surface area contributed by atoms with Crippen molar-refractivity contribution in [2.45, 2.75) is 13.1 Å². The third kappa shape index (κ3) is 1.64. The molecule has 2 rings (SSSR count). The van der Waals surface area contributed by atoms with Gasteiger partial charge in [-0.3, -0.25) is 9.59 Å². The largest absolute Gasteiger partial charge is 0.365 e. The molecule has 0 aromatic carbocycles. The fourth-order valence-corrected chi connectivity index (χ4v) is 1.43. The molecular weight excluding hydrogens is 206 g/mol. The molecule has 0 atom stereocenters. The first kappa shape index (κ1) is 10.7. The Bertz CT molecular complexity index is 427. The third-order valence-corrected chi connectivity index (χ3v) is 2.10. The van der Waals surface area contributed by atoms with E-state index >= 15 is 0 Å². The van der Waals surface area contributed by atoms with Gasteiger partial charge in [-0.25, -0.2) is 0 Å². The van der Waals surface area contributed by atoms with Crippen molar-refractivity contribution in [2.24, 2.45) is 5.73 Å². The summed E-state index contributed by atoms with van der Waals surface area (Å²) >= 11 is 0. The topological polar surface area (TPSA) is 88.0 Å². The summed E-state index contributed by atoms with van der Waals surface area (Å²) in [5.41, 5.74) is 6.43. The Kier molecular flexibility index (Phi) is 2.93. The molecule has 0 saturated carbocycles. The molecule has 1 aromatic heterocycles. The highest BCUT2D eigenvalue weighted by Crippen LogP contribution is 2.11. The van der Waals surface area contributed by atoms with Crippen LogP contribution in [0.15, 0.2) is 10.9 Å². The number of carbonyl (C=O) groups is 1. The van der Waals surface area contributed by atoms with Gasteiger partial charge in [-0.1, -0.05) is 0 Å². The van der Waals surface area contributed by atoms with E-state index in [1.165, 1.54) is 0 Å². The van der Waals surface area contributed by atoms with Gasteiger partial charge in [0, 0.05) is 18.8 Å². The predicted octanol–water partition coefficient (Wildman–Crippen LogP) is -0.501. The van der Waals surface area contributed by atoms with Crippen molar-refractivity contribution in [1.29, 1.82) is 0 Å². The van der Waals surface area contributed by atoms with E-state index in [-0.39, 0.29) is 18.0 Å². The van der Waals surface area contributed by atoms with Crippen LogP contribution < -0.4 is 16.6 Å². The van der Waals surface area contributed by atoms with Crippen LogP contribution in [-0.4, -0.2) is 10.9 Å². The van der Waals surface area contributed by atoms with Crippen LogP contribution in [0.1, 0.15) is 21.6 Å². The van der Waals surface area contributed by atoms with E-state index in [9.17, 15) is 9.59 Å². The van der Waals surface area contributed by atoms with Crippen molar-refractivity contribution in [3.63, 3.8) is 0 Å². The summed E-state index contributed by atoms with van der Waals surface area (Å²) in [7, 11) is 0. The van der Waals surface area contributed by atoms with E-state index in [4.69, 9.17) is 5.73 Å². The summed E-state index contributed by atoms with van der Waals surface area (Å²) in [5, 5.41) is 3.06.